The van der Waals surface area contributed by atoms with Crippen LogP contribution in [0, 0.1) is 0 Å². The Morgan fingerprint density at radius 3 is 2.31 bits per heavy atom. The van der Waals surface area contributed by atoms with Crippen LogP contribution in [0.2, 0.25) is 0 Å². The second kappa shape index (κ2) is 6.44. The van der Waals surface area contributed by atoms with Gasteiger partial charge in [-0.1, -0.05) is 6.08 Å². The monoisotopic (exact) mass is 229 g/mol. The van der Waals surface area contributed by atoms with Crippen LogP contribution >= 0.6 is 0 Å². The molecule has 0 aliphatic rings. The Balaban J connectivity index is 4.52. The number of likely N-dealkylation sites (N-methyl/N-ethyl adjacent to an activating group) is 1. The fraction of sp³-hybridized carbons (Fsp3) is 0.444. The van der Waals surface area contributed by atoms with Crippen LogP contribution < -0.4 is 5.73 Å². The predicted octanol–water partition coefficient (Wildman–Crippen LogP) is -0.904. The Hall–Kier alpha value is -2.05. The first-order chi connectivity index (χ1) is 7.38. The van der Waals surface area contributed by atoms with Crippen molar-refractivity contribution in [3.05, 3.63) is 12.7 Å². The normalized spacial score (nSPS) is 9.31. The zero-order chi connectivity index (χ0) is 12.7. The molecular formula is C9H15N3O4. The van der Waals surface area contributed by atoms with Gasteiger partial charge in [0.25, 0.3) is 0 Å². The standard InChI is InChI=1S/C9H15N3O4/c1-3-4-12(6-8(14)15)9(16)11(2)5-7(10)13/h3H,1,4-6H2,2H3,(H2,10,13)(H,14,15). The van der Waals surface area contributed by atoms with Gasteiger partial charge in [-0.05, 0) is 0 Å². The van der Waals surface area contributed by atoms with E-state index >= 15 is 0 Å². The summed E-state index contributed by atoms with van der Waals surface area (Å²) in [5.74, 6) is -1.80. The number of rotatable bonds is 6. The average Bonchev–Trinajstić information content (AvgIpc) is 2.14. The second-order valence-electron chi connectivity index (χ2n) is 3.17. The zero-order valence-electron chi connectivity index (χ0n) is 9.05. The number of urea groups is 1. The Kier molecular flexibility index (Phi) is 5.61. The number of hydrogen-bond donors (Lipinski definition) is 2. The number of carbonyl (C=O) groups excluding carboxylic acids is 2. The summed E-state index contributed by atoms with van der Waals surface area (Å²) in [5, 5.41) is 8.58. The lowest BCUT2D eigenvalue weighted by atomic mass is 10.4. The highest BCUT2D eigenvalue weighted by atomic mass is 16.4. The molecule has 3 amide bonds. The van der Waals surface area contributed by atoms with E-state index < -0.39 is 24.5 Å². The third-order valence-electron chi connectivity index (χ3n) is 1.67. The lowest BCUT2D eigenvalue weighted by molar-refractivity contribution is -0.137. The molecule has 0 rings (SSSR count). The first-order valence-electron chi connectivity index (χ1n) is 4.49. The van der Waals surface area contributed by atoms with E-state index in [9.17, 15) is 14.4 Å². The number of nitrogens with zero attached hydrogens (tertiary/aromatic N) is 2. The minimum Gasteiger partial charge on any atom is -0.480 e. The zero-order valence-corrected chi connectivity index (χ0v) is 9.05. The maximum Gasteiger partial charge on any atom is 0.323 e. The number of carboxylic acids is 1. The van der Waals surface area contributed by atoms with Crippen molar-refractivity contribution in [1.82, 2.24) is 9.80 Å². The van der Waals surface area contributed by atoms with E-state index in [1.807, 2.05) is 0 Å². The lowest BCUT2D eigenvalue weighted by Crippen LogP contribution is -2.46. The molecule has 16 heavy (non-hydrogen) atoms. The number of primary amides is 1. The van der Waals surface area contributed by atoms with Gasteiger partial charge in [-0.15, -0.1) is 6.58 Å². The van der Waals surface area contributed by atoms with Crippen LogP contribution in [0.3, 0.4) is 0 Å². The molecule has 0 spiro atoms. The van der Waals surface area contributed by atoms with E-state index in [2.05, 4.69) is 6.58 Å². The molecule has 0 unspecified atom stereocenters. The van der Waals surface area contributed by atoms with Gasteiger partial charge >= 0.3 is 12.0 Å². The molecule has 0 saturated carbocycles. The van der Waals surface area contributed by atoms with Gasteiger partial charge in [-0.2, -0.15) is 0 Å². The third kappa shape index (κ3) is 4.99. The highest BCUT2D eigenvalue weighted by Crippen LogP contribution is 1.97. The molecule has 0 fully saturated rings. The number of aliphatic carboxylic acids is 1. The summed E-state index contributed by atoms with van der Waals surface area (Å²) in [6, 6.07) is -0.582. The van der Waals surface area contributed by atoms with Gasteiger partial charge in [0.1, 0.15) is 13.1 Å². The topological polar surface area (TPSA) is 104 Å². The largest absolute Gasteiger partial charge is 0.480 e. The summed E-state index contributed by atoms with van der Waals surface area (Å²) < 4.78 is 0. The van der Waals surface area contributed by atoms with Gasteiger partial charge in [-0.25, -0.2) is 4.79 Å². The minimum absolute atomic E-state index is 0.0915. The molecule has 7 heteroatoms. The SMILES string of the molecule is C=CCN(CC(=O)O)C(=O)N(C)CC(N)=O. The quantitative estimate of drug-likeness (QED) is 0.575. The Labute approximate surface area is 93.1 Å². The molecule has 3 N–H and O–H groups in total. The number of carbonyl (C=O) groups is 3. The first-order valence-corrected chi connectivity index (χ1v) is 4.49. The maximum absolute atomic E-state index is 11.6. The molecule has 0 aliphatic carbocycles. The number of carboxylic acid groups (broad SMARTS) is 1. The summed E-state index contributed by atoms with van der Waals surface area (Å²) in [5.41, 5.74) is 4.92. The van der Waals surface area contributed by atoms with Crippen LogP contribution in [0.1, 0.15) is 0 Å². The Morgan fingerprint density at radius 2 is 1.94 bits per heavy atom. The van der Waals surface area contributed by atoms with Gasteiger partial charge in [0.15, 0.2) is 0 Å². The number of amides is 3. The van der Waals surface area contributed by atoms with Gasteiger partial charge < -0.3 is 20.6 Å². The van der Waals surface area contributed by atoms with Gasteiger partial charge in [0.2, 0.25) is 5.91 Å². The summed E-state index contributed by atoms with van der Waals surface area (Å²) in [6.07, 6.45) is 1.40. The Morgan fingerprint density at radius 1 is 1.38 bits per heavy atom. The van der Waals surface area contributed by atoms with E-state index in [0.717, 1.165) is 9.80 Å². The van der Waals surface area contributed by atoms with Gasteiger partial charge in [0.05, 0.1) is 0 Å². The van der Waals surface area contributed by atoms with Crippen molar-refractivity contribution >= 4 is 17.9 Å². The van der Waals surface area contributed by atoms with Gasteiger partial charge in [-0.3, -0.25) is 9.59 Å². The fourth-order valence-electron chi connectivity index (χ4n) is 1.07. The third-order valence-corrected chi connectivity index (χ3v) is 1.67. The van der Waals surface area contributed by atoms with Crippen LogP contribution in [0.25, 0.3) is 0 Å². The van der Waals surface area contributed by atoms with Crippen LogP contribution in [0.15, 0.2) is 12.7 Å². The highest BCUT2D eigenvalue weighted by molar-refractivity contribution is 5.84. The molecule has 90 valence electrons. The molecule has 0 heterocycles. The maximum atomic E-state index is 11.6. The van der Waals surface area contributed by atoms with E-state index in [-0.39, 0.29) is 13.1 Å². The minimum atomic E-state index is -1.14. The van der Waals surface area contributed by atoms with Crippen molar-refractivity contribution in [2.75, 3.05) is 26.7 Å². The molecule has 0 aromatic rings. The first kappa shape index (κ1) is 13.9. The predicted molar refractivity (Wildman–Crippen MR) is 56.6 cm³/mol. The number of nitrogens with two attached hydrogens (primary N) is 1. The molecule has 0 atom stereocenters. The molecular weight excluding hydrogens is 214 g/mol. The van der Waals surface area contributed by atoms with E-state index in [1.165, 1.54) is 13.1 Å². The molecule has 0 aliphatic heterocycles. The van der Waals surface area contributed by atoms with E-state index in [0.29, 0.717) is 0 Å². The van der Waals surface area contributed by atoms with Crippen LogP contribution in [0.5, 0.6) is 0 Å². The van der Waals surface area contributed by atoms with Crippen LogP contribution in [0.4, 0.5) is 4.79 Å². The lowest BCUT2D eigenvalue weighted by Gasteiger charge is -2.25. The molecule has 0 aromatic carbocycles. The van der Waals surface area contributed by atoms with Crippen molar-refractivity contribution in [3.8, 4) is 0 Å². The summed E-state index contributed by atoms with van der Waals surface area (Å²) in [7, 11) is 1.37. The van der Waals surface area contributed by atoms with Crippen LogP contribution in [-0.4, -0.2) is 59.5 Å². The molecule has 7 nitrogen and oxygen atoms in total. The average molecular weight is 229 g/mol. The number of hydrogen-bond acceptors (Lipinski definition) is 3. The van der Waals surface area contributed by atoms with Crippen molar-refractivity contribution in [3.63, 3.8) is 0 Å². The van der Waals surface area contributed by atoms with Crippen molar-refractivity contribution in [2.45, 2.75) is 0 Å². The molecule has 0 saturated heterocycles. The van der Waals surface area contributed by atoms with Crippen molar-refractivity contribution in [1.29, 1.82) is 0 Å². The summed E-state index contributed by atoms with van der Waals surface area (Å²) >= 11 is 0. The van der Waals surface area contributed by atoms with E-state index in [4.69, 9.17) is 10.8 Å². The van der Waals surface area contributed by atoms with Crippen molar-refractivity contribution < 1.29 is 19.5 Å². The van der Waals surface area contributed by atoms with Crippen molar-refractivity contribution in [2.24, 2.45) is 5.73 Å². The van der Waals surface area contributed by atoms with E-state index in [1.54, 1.807) is 0 Å². The summed E-state index contributed by atoms with van der Waals surface area (Å²) in [4.78, 5) is 34.8. The van der Waals surface area contributed by atoms with Gasteiger partial charge in [0, 0.05) is 13.6 Å². The Bertz CT molecular complexity index is 303. The molecule has 0 bridgehead atoms. The second-order valence-corrected chi connectivity index (χ2v) is 3.17. The molecule has 0 radical (unpaired) electrons. The fourth-order valence-corrected chi connectivity index (χ4v) is 1.07. The summed E-state index contributed by atoms with van der Waals surface area (Å²) in [6.45, 7) is 2.80. The van der Waals surface area contributed by atoms with Crippen LogP contribution in [-0.2, 0) is 9.59 Å². The highest BCUT2D eigenvalue weighted by Gasteiger charge is 2.20. The molecule has 0 aromatic heterocycles. The smallest absolute Gasteiger partial charge is 0.323 e.